The second kappa shape index (κ2) is 34.7. The quantitative estimate of drug-likeness (QED) is 0.0305. The average molecular weight is 1190 g/mol. The number of aldehydes is 1. The summed E-state index contributed by atoms with van der Waals surface area (Å²) in [5.41, 5.74) is 2.10. The maximum absolute atomic E-state index is 13.8. The molecule has 2 aliphatic carbocycles. The highest BCUT2D eigenvalue weighted by Crippen LogP contribution is 2.28. The molecule has 2 fully saturated rings. The van der Waals surface area contributed by atoms with Crippen LogP contribution in [0, 0.1) is 23.7 Å². The van der Waals surface area contributed by atoms with E-state index in [2.05, 4.69) is 21.3 Å². The molecule has 0 saturated heterocycles. The SMILES string of the molecule is CC(OC(C)(C)C)[C@H](NC(=O)OCc1ccccc1)C(=O)C[C@@H](Cc1ccccc1)C(=O)N[C@H](C=O)C[C@@H]1CCCC1=O.CC(OC(C)(C)C)[C@H](NC(=O)OCc1ccccc1)C(=O)C[C@@H](Cc1ccccc1)C(=O)N[C@H](CO)C[C@@H]1CCCC1=O. The van der Waals surface area contributed by atoms with Crippen LogP contribution in [0.5, 0.6) is 0 Å². The normalized spacial score (nSPS) is 17.8. The summed E-state index contributed by atoms with van der Waals surface area (Å²) in [6.07, 6.45) is 2.46. The molecule has 0 heterocycles. The third-order valence-electron chi connectivity index (χ3n) is 15.0. The van der Waals surface area contributed by atoms with Gasteiger partial charge in [0.15, 0.2) is 11.6 Å². The van der Waals surface area contributed by atoms with Gasteiger partial charge in [0.2, 0.25) is 11.8 Å². The lowest BCUT2D eigenvalue weighted by Crippen LogP contribution is -2.52. The molecule has 86 heavy (non-hydrogen) atoms. The lowest BCUT2D eigenvalue weighted by Gasteiger charge is -2.31. The summed E-state index contributed by atoms with van der Waals surface area (Å²) in [4.78, 5) is 117. The Morgan fingerprint density at radius 3 is 1.23 bits per heavy atom. The standard InChI is InChI=1S/C34H46N2O7.C34H44N2O7/c2*1-23(43-34(2,3)4)31(36-33(41)42-22-25-14-9-6-10-15-25)30(39)20-27(18-24-12-7-5-8-13-24)32(40)35-28(21-37)19-26-16-11-17-29(26)38/h5-10,12-15,23,26-28,31,37H,11,16-22H2,1-4H3,(H,35,40)(H,36,41);5-10,12-15,21,23,26-28,31H,11,16-20,22H2,1-4H3,(H,35,40)(H,36,41)/t2*23?,26-,27+,28-,31-/m00/s1. The minimum absolute atomic E-state index is 0.0255. The molecule has 2 aliphatic rings. The van der Waals surface area contributed by atoms with E-state index >= 15 is 0 Å². The summed E-state index contributed by atoms with van der Waals surface area (Å²) in [6.45, 7) is 14.3. The third-order valence-corrected chi connectivity index (χ3v) is 15.0. The van der Waals surface area contributed by atoms with Gasteiger partial charge >= 0.3 is 12.2 Å². The fraction of sp³-hybridized carbons (Fsp3) is 0.515. The Labute approximate surface area is 507 Å². The lowest BCUT2D eigenvalue weighted by atomic mass is 9.89. The molecule has 0 radical (unpaired) electrons. The predicted octanol–water partition coefficient (Wildman–Crippen LogP) is 9.29. The first kappa shape index (κ1) is 69.4. The van der Waals surface area contributed by atoms with E-state index in [0.717, 1.165) is 41.5 Å². The number of hydrogen-bond donors (Lipinski definition) is 5. The van der Waals surface area contributed by atoms with Crippen molar-refractivity contribution in [2.45, 2.75) is 193 Å². The van der Waals surface area contributed by atoms with Crippen molar-refractivity contribution in [3.63, 3.8) is 0 Å². The number of carbonyl (C=O) groups excluding carboxylic acids is 9. The van der Waals surface area contributed by atoms with Gasteiger partial charge in [0, 0.05) is 49.4 Å². The second-order valence-corrected chi connectivity index (χ2v) is 24.6. The molecule has 466 valence electrons. The molecule has 2 unspecified atom stereocenters. The van der Waals surface area contributed by atoms with Crippen LogP contribution < -0.4 is 21.3 Å². The summed E-state index contributed by atoms with van der Waals surface area (Å²) in [5.74, 6) is -3.42. The highest BCUT2D eigenvalue weighted by atomic mass is 16.6. The zero-order valence-corrected chi connectivity index (χ0v) is 51.3. The number of ether oxygens (including phenoxy) is 4. The van der Waals surface area contributed by atoms with E-state index in [1.165, 1.54) is 0 Å². The maximum Gasteiger partial charge on any atom is 0.408 e. The van der Waals surface area contributed by atoms with Gasteiger partial charge in [-0.05, 0) is 129 Å². The van der Waals surface area contributed by atoms with Gasteiger partial charge < -0.3 is 50.1 Å². The third kappa shape index (κ3) is 24.9. The zero-order chi connectivity index (χ0) is 62.8. The molecule has 4 aromatic rings. The number of ketones is 4. The van der Waals surface area contributed by atoms with Crippen LogP contribution in [-0.4, -0.2) is 113 Å². The highest BCUT2D eigenvalue weighted by Gasteiger charge is 2.38. The van der Waals surface area contributed by atoms with Crippen LogP contribution in [0.3, 0.4) is 0 Å². The number of carbonyl (C=O) groups is 9. The van der Waals surface area contributed by atoms with Crippen molar-refractivity contribution in [1.82, 2.24) is 21.3 Å². The van der Waals surface area contributed by atoms with Crippen molar-refractivity contribution in [1.29, 1.82) is 0 Å². The van der Waals surface area contributed by atoms with Crippen LogP contribution in [0.2, 0.25) is 0 Å². The molecule has 18 nitrogen and oxygen atoms in total. The summed E-state index contributed by atoms with van der Waals surface area (Å²) in [7, 11) is 0. The Balaban J connectivity index is 0.000000314. The number of nitrogens with one attached hydrogen (secondary N) is 4. The fourth-order valence-corrected chi connectivity index (χ4v) is 10.9. The van der Waals surface area contributed by atoms with Crippen molar-refractivity contribution >= 4 is 53.4 Å². The molecular weight excluding hydrogens is 1100 g/mol. The van der Waals surface area contributed by atoms with Crippen molar-refractivity contribution in [2.24, 2.45) is 23.7 Å². The van der Waals surface area contributed by atoms with E-state index in [9.17, 15) is 48.3 Å². The van der Waals surface area contributed by atoms with E-state index in [1.54, 1.807) is 13.8 Å². The van der Waals surface area contributed by atoms with Gasteiger partial charge in [-0.1, -0.05) is 121 Å². The number of aliphatic hydroxyl groups is 1. The average Bonchev–Trinajstić information content (AvgIpc) is 4.23. The minimum atomic E-state index is -1.09. The van der Waals surface area contributed by atoms with Crippen molar-refractivity contribution in [3.05, 3.63) is 144 Å². The van der Waals surface area contributed by atoms with Crippen molar-refractivity contribution < 1.29 is 67.2 Å². The number of hydrogen-bond acceptors (Lipinski definition) is 14. The molecule has 18 heteroatoms. The van der Waals surface area contributed by atoms with Gasteiger partial charge in [-0.15, -0.1) is 0 Å². The molecule has 2 saturated carbocycles. The molecule has 10 atom stereocenters. The number of rotatable bonds is 30. The van der Waals surface area contributed by atoms with Gasteiger partial charge in [-0.25, -0.2) is 9.59 Å². The van der Waals surface area contributed by atoms with Crippen LogP contribution in [-0.2, 0) is 78.6 Å². The molecule has 0 aromatic heterocycles. The van der Waals surface area contributed by atoms with Gasteiger partial charge in [-0.3, -0.25) is 28.8 Å². The number of aliphatic hydroxyl groups excluding tert-OH is 1. The molecule has 4 aromatic carbocycles. The Bertz CT molecular complexity index is 2800. The molecule has 5 N–H and O–H groups in total. The molecular formula is C68H90N4O14. The number of alkyl carbamates (subject to hydrolysis) is 2. The van der Waals surface area contributed by atoms with Crippen molar-refractivity contribution in [2.75, 3.05) is 6.61 Å². The zero-order valence-electron chi connectivity index (χ0n) is 51.3. The van der Waals surface area contributed by atoms with E-state index in [1.807, 2.05) is 163 Å². The van der Waals surface area contributed by atoms with E-state index in [-0.39, 0.29) is 81.1 Å². The fourth-order valence-electron chi connectivity index (χ4n) is 10.9. The molecule has 4 amide bonds. The summed E-state index contributed by atoms with van der Waals surface area (Å²) in [6, 6.07) is 33.4. The number of amides is 4. The van der Waals surface area contributed by atoms with E-state index in [0.29, 0.717) is 32.0 Å². The van der Waals surface area contributed by atoms with Crippen LogP contribution in [0.4, 0.5) is 9.59 Å². The molecule has 6 rings (SSSR count). The first-order chi connectivity index (χ1) is 40.9. The number of Topliss-reactive ketones (excluding diaryl/α,β-unsaturated/α-hetero) is 4. The summed E-state index contributed by atoms with van der Waals surface area (Å²) >= 11 is 0. The molecule has 0 aliphatic heterocycles. The monoisotopic (exact) mass is 1190 g/mol. The topological polar surface area (TPSA) is 259 Å². The minimum Gasteiger partial charge on any atom is -0.445 e. The van der Waals surface area contributed by atoms with Crippen LogP contribution in [0.15, 0.2) is 121 Å². The largest absolute Gasteiger partial charge is 0.445 e. The smallest absolute Gasteiger partial charge is 0.408 e. The van der Waals surface area contributed by atoms with Crippen LogP contribution in [0.25, 0.3) is 0 Å². The first-order valence-electron chi connectivity index (χ1n) is 30.1. The van der Waals surface area contributed by atoms with Crippen LogP contribution >= 0.6 is 0 Å². The maximum atomic E-state index is 13.8. The Hall–Kier alpha value is -7.41. The van der Waals surface area contributed by atoms with Crippen LogP contribution in [0.1, 0.15) is 142 Å². The Morgan fingerprint density at radius 1 is 0.535 bits per heavy atom. The van der Waals surface area contributed by atoms with E-state index in [4.69, 9.17) is 18.9 Å². The predicted molar refractivity (Wildman–Crippen MR) is 325 cm³/mol. The van der Waals surface area contributed by atoms with Gasteiger partial charge in [-0.2, -0.15) is 0 Å². The van der Waals surface area contributed by atoms with Crippen molar-refractivity contribution in [3.8, 4) is 0 Å². The number of benzene rings is 4. The summed E-state index contributed by atoms with van der Waals surface area (Å²) < 4.78 is 22.9. The van der Waals surface area contributed by atoms with Gasteiger partial charge in [0.05, 0.1) is 42.1 Å². The molecule has 0 bridgehead atoms. The first-order valence-corrected chi connectivity index (χ1v) is 30.1. The van der Waals surface area contributed by atoms with Gasteiger partial charge in [0.25, 0.3) is 0 Å². The van der Waals surface area contributed by atoms with E-state index < -0.39 is 89.2 Å². The van der Waals surface area contributed by atoms with Gasteiger partial charge in [0.1, 0.15) is 43.2 Å². The highest BCUT2D eigenvalue weighted by molar-refractivity contribution is 5.94. The summed E-state index contributed by atoms with van der Waals surface area (Å²) in [5, 5.41) is 21.0. The Morgan fingerprint density at radius 2 is 0.895 bits per heavy atom. The molecule has 0 spiro atoms. The second-order valence-electron chi connectivity index (χ2n) is 24.6. The lowest BCUT2D eigenvalue weighted by molar-refractivity contribution is -0.135. The Kier molecular flexibility index (Phi) is 28.0.